The second-order valence-electron chi connectivity index (χ2n) is 5.55. The Balaban J connectivity index is 2.16. The molecule has 2 aromatic rings. The van der Waals surface area contributed by atoms with E-state index in [4.69, 9.17) is 16.7 Å². The fourth-order valence-electron chi connectivity index (χ4n) is 2.09. The third kappa shape index (κ3) is 5.01. The Morgan fingerprint density at radius 2 is 2.00 bits per heavy atom. The van der Waals surface area contributed by atoms with Crippen molar-refractivity contribution in [2.45, 2.75) is 20.3 Å². The smallest absolute Gasteiger partial charge is 0.270 e. The largest absolute Gasteiger partial charge is 0.396 e. The molecule has 23 heavy (non-hydrogen) atoms. The number of benzene rings is 1. The molecule has 2 rings (SSSR count). The lowest BCUT2D eigenvalue weighted by Gasteiger charge is -2.11. The standard InChI is InChI=1S/C17H20ClN3O2/c1-11(7-8-22)10-19-17(23)15-9-12(2)20-16(21-15)13-3-5-14(18)6-4-13/h3-6,9,11,22H,7-8,10H2,1-2H3,(H,19,23). The highest BCUT2D eigenvalue weighted by Crippen LogP contribution is 2.19. The number of aromatic nitrogens is 2. The van der Waals surface area contributed by atoms with Gasteiger partial charge < -0.3 is 10.4 Å². The van der Waals surface area contributed by atoms with Gasteiger partial charge in [-0.15, -0.1) is 0 Å². The van der Waals surface area contributed by atoms with Gasteiger partial charge in [0.15, 0.2) is 5.82 Å². The average molecular weight is 334 g/mol. The van der Waals surface area contributed by atoms with Crippen LogP contribution in [-0.4, -0.2) is 34.1 Å². The first-order valence-corrected chi connectivity index (χ1v) is 7.88. The first-order chi connectivity index (χ1) is 11.0. The third-order valence-electron chi connectivity index (χ3n) is 3.42. The first kappa shape index (κ1) is 17.4. The summed E-state index contributed by atoms with van der Waals surface area (Å²) in [7, 11) is 0. The SMILES string of the molecule is Cc1cc(C(=O)NCC(C)CCO)nc(-c2ccc(Cl)cc2)n1. The van der Waals surface area contributed by atoms with Gasteiger partial charge in [-0.05, 0) is 49.6 Å². The number of carbonyl (C=O) groups is 1. The van der Waals surface area contributed by atoms with Crippen molar-refractivity contribution in [3.63, 3.8) is 0 Å². The molecule has 0 fully saturated rings. The van der Waals surface area contributed by atoms with E-state index in [9.17, 15) is 4.79 Å². The van der Waals surface area contributed by atoms with Crippen LogP contribution in [0.1, 0.15) is 29.5 Å². The van der Waals surface area contributed by atoms with Crippen LogP contribution in [0.4, 0.5) is 0 Å². The lowest BCUT2D eigenvalue weighted by Crippen LogP contribution is -2.29. The molecule has 1 heterocycles. The molecule has 0 radical (unpaired) electrons. The number of aliphatic hydroxyl groups is 1. The molecule has 0 spiro atoms. The summed E-state index contributed by atoms with van der Waals surface area (Å²) >= 11 is 5.89. The summed E-state index contributed by atoms with van der Waals surface area (Å²) in [4.78, 5) is 21.0. The molecule has 0 aliphatic heterocycles. The van der Waals surface area contributed by atoms with Gasteiger partial charge in [0.1, 0.15) is 5.69 Å². The van der Waals surface area contributed by atoms with Crippen LogP contribution in [0.3, 0.4) is 0 Å². The highest BCUT2D eigenvalue weighted by Gasteiger charge is 2.12. The number of amides is 1. The maximum absolute atomic E-state index is 12.3. The number of hydrogen-bond acceptors (Lipinski definition) is 4. The Kier molecular flexibility index (Phi) is 6.07. The molecule has 122 valence electrons. The highest BCUT2D eigenvalue weighted by molar-refractivity contribution is 6.30. The number of carbonyl (C=O) groups excluding carboxylic acids is 1. The van der Waals surface area contributed by atoms with Crippen molar-refractivity contribution in [2.24, 2.45) is 5.92 Å². The molecule has 0 bridgehead atoms. The second kappa shape index (κ2) is 8.04. The molecule has 1 aromatic heterocycles. The van der Waals surface area contributed by atoms with Gasteiger partial charge in [0, 0.05) is 29.4 Å². The molecule has 1 unspecified atom stereocenters. The number of aliphatic hydroxyl groups excluding tert-OH is 1. The average Bonchev–Trinajstić information content (AvgIpc) is 2.53. The van der Waals surface area contributed by atoms with Crippen molar-refractivity contribution in [1.82, 2.24) is 15.3 Å². The zero-order valence-corrected chi connectivity index (χ0v) is 14.0. The van der Waals surface area contributed by atoms with Crippen LogP contribution in [0.2, 0.25) is 5.02 Å². The van der Waals surface area contributed by atoms with E-state index in [1.807, 2.05) is 26.0 Å². The maximum Gasteiger partial charge on any atom is 0.270 e. The van der Waals surface area contributed by atoms with E-state index in [0.717, 1.165) is 11.3 Å². The minimum atomic E-state index is -0.240. The van der Waals surface area contributed by atoms with E-state index >= 15 is 0 Å². The van der Waals surface area contributed by atoms with Crippen LogP contribution >= 0.6 is 11.6 Å². The van der Waals surface area contributed by atoms with Gasteiger partial charge in [0.25, 0.3) is 5.91 Å². The van der Waals surface area contributed by atoms with Crippen molar-refractivity contribution in [3.8, 4) is 11.4 Å². The summed E-state index contributed by atoms with van der Waals surface area (Å²) in [6.45, 7) is 4.41. The summed E-state index contributed by atoms with van der Waals surface area (Å²) in [6, 6.07) is 8.83. The van der Waals surface area contributed by atoms with Crippen molar-refractivity contribution >= 4 is 17.5 Å². The number of hydrogen-bond donors (Lipinski definition) is 2. The fraction of sp³-hybridized carbons (Fsp3) is 0.353. The number of nitrogens with zero attached hydrogens (tertiary/aromatic N) is 2. The highest BCUT2D eigenvalue weighted by atomic mass is 35.5. The second-order valence-corrected chi connectivity index (χ2v) is 5.99. The van der Waals surface area contributed by atoms with E-state index in [0.29, 0.717) is 29.5 Å². The number of aryl methyl sites for hydroxylation is 1. The minimum Gasteiger partial charge on any atom is -0.396 e. The predicted octanol–water partition coefficient (Wildman–Crippen LogP) is 2.85. The summed E-state index contributed by atoms with van der Waals surface area (Å²) < 4.78 is 0. The summed E-state index contributed by atoms with van der Waals surface area (Å²) in [5.41, 5.74) is 1.86. The zero-order valence-electron chi connectivity index (χ0n) is 13.2. The zero-order chi connectivity index (χ0) is 16.8. The summed E-state index contributed by atoms with van der Waals surface area (Å²) in [5, 5.41) is 12.4. The van der Waals surface area contributed by atoms with E-state index in [1.165, 1.54) is 0 Å². The molecule has 0 aliphatic rings. The minimum absolute atomic E-state index is 0.115. The third-order valence-corrected chi connectivity index (χ3v) is 3.67. The van der Waals surface area contributed by atoms with Crippen LogP contribution < -0.4 is 5.32 Å². The molecule has 6 heteroatoms. The first-order valence-electron chi connectivity index (χ1n) is 7.50. The van der Waals surface area contributed by atoms with Gasteiger partial charge in [0.05, 0.1) is 0 Å². The van der Waals surface area contributed by atoms with Gasteiger partial charge >= 0.3 is 0 Å². The lowest BCUT2D eigenvalue weighted by molar-refractivity contribution is 0.0940. The predicted molar refractivity (Wildman–Crippen MR) is 90.4 cm³/mol. The molecule has 0 saturated heterocycles. The van der Waals surface area contributed by atoms with Crippen molar-refractivity contribution < 1.29 is 9.90 Å². The van der Waals surface area contributed by atoms with Gasteiger partial charge in [0.2, 0.25) is 0 Å². The lowest BCUT2D eigenvalue weighted by atomic mass is 10.1. The molecular formula is C17H20ClN3O2. The van der Waals surface area contributed by atoms with Crippen molar-refractivity contribution in [1.29, 1.82) is 0 Å². The normalized spacial score (nSPS) is 12.0. The molecule has 1 aromatic carbocycles. The van der Waals surface area contributed by atoms with Crippen LogP contribution in [0.15, 0.2) is 30.3 Å². The summed E-state index contributed by atoms with van der Waals surface area (Å²) in [6.07, 6.45) is 0.652. The molecule has 0 aliphatic carbocycles. The van der Waals surface area contributed by atoms with E-state index < -0.39 is 0 Å². The summed E-state index contributed by atoms with van der Waals surface area (Å²) in [5.74, 6) is 0.466. The van der Waals surface area contributed by atoms with Crippen LogP contribution in [-0.2, 0) is 0 Å². The van der Waals surface area contributed by atoms with E-state index in [2.05, 4.69) is 15.3 Å². The van der Waals surface area contributed by atoms with Crippen molar-refractivity contribution in [3.05, 3.63) is 46.7 Å². The van der Waals surface area contributed by atoms with Crippen LogP contribution in [0, 0.1) is 12.8 Å². The monoisotopic (exact) mass is 333 g/mol. The Hall–Kier alpha value is -1.98. The molecule has 1 amide bonds. The maximum atomic E-state index is 12.3. The van der Waals surface area contributed by atoms with Crippen molar-refractivity contribution in [2.75, 3.05) is 13.2 Å². The Labute approximate surface area is 140 Å². The Bertz CT molecular complexity index is 674. The fourth-order valence-corrected chi connectivity index (χ4v) is 2.22. The van der Waals surface area contributed by atoms with Gasteiger partial charge in [-0.3, -0.25) is 4.79 Å². The molecule has 1 atom stereocenters. The Morgan fingerprint density at radius 1 is 1.30 bits per heavy atom. The van der Waals surface area contributed by atoms with Gasteiger partial charge in [-0.25, -0.2) is 9.97 Å². The van der Waals surface area contributed by atoms with Gasteiger partial charge in [-0.1, -0.05) is 18.5 Å². The Morgan fingerprint density at radius 3 is 2.65 bits per heavy atom. The topological polar surface area (TPSA) is 75.1 Å². The van der Waals surface area contributed by atoms with E-state index in [1.54, 1.807) is 18.2 Å². The van der Waals surface area contributed by atoms with Crippen LogP contribution in [0.5, 0.6) is 0 Å². The molecule has 5 nitrogen and oxygen atoms in total. The number of rotatable bonds is 6. The molecule has 0 saturated carbocycles. The quantitative estimate of drug-likeness (QED) is 0.852. The number of halogens is 1. The van der Waals surface area contributed by atoms with E-state index in [-0.39, 0.29) is 18.4 Å². The molecular weight excluding hydrogens is 314 g/mol. The van der Waals surface area contributed by atoms with Gasteiger partial charge in [-0.2, -0.15) is 0 Å². The van der Waals surface area contributed by atoms with Crippen LogP contribution in [0.25, 0.3) is 11.4 Å². The molecule has 2 N–H and O–H groups in total. The number of nitrogens with one attached hydrogen (secondary N) is 1.